The number of halogens is 1. The number of aromatic nitrogens is 4. The maximum absolute atomic E-state index is 9.78. The van der Waals surface area contributed by atoms with Crippen molar-refractivity contribution >= 4 is 22.8 Å². The van der Waals surface area contributed by atoms with Gasteiger partial charge in [0.05, 0.1) is 6.61 Å². The molecule has 0 aromatic carbocycles. The molecule has 3 rings (SSSR count). The number of aliphatic hydroxyl groups is 3. The van der Waals surface area contributed by atoms with Crippen LogP contribution >= 0.6 is 11.6 Å². The van der Waals surface area contributed by atoms with Crippen molar-refractivity contribution in [2.45, 2.75) is 24.6 Å². The van der Waals surface area contributed by atoms with Gasteiger partial charge in [-0.1, -0.05) is 11.6 Å². The predicted molar refractivity (Wildman–Crippen MR) is 64.7 cm³/mol. The SMILES string of the molecule is OCC1OC(On2cnc3c(Cl)ncnc32)C(O)C1O. The smallest absolute Gasteiger partial charge is 0.254 e. The number of nitrogens with zero attached hydrogens (tertiary/aromatic N) is 4. The first-order chi connectivity index (χ1) is 9.61. The van der Waals surface area contributed by atoms with E-state index in [-0.39, 0.29) is 5.15 Å². The number of fused-ring (bicyclic) bond motifs is 1. The summed E-state index contributed by atoms with van der Waals surface area (Å²) in [4.78, 5) is 17.1. The molecule has 0 radical (unpaired) electrons. The summed E-state index contributed by atoms with van der Waals surface area (Å²) in [7, 11) is 0. The van der Waals surface area contributed by atoms with E-state index in [9.17, 15) is 10.2 Å². The predicted octanol–water partition coefficient (Wildman–Crippen LogP) is -1.65. The second-order valence-corrected chi connectivity index (χ2v) is 4.58. The minimum absolute atomic E-state index is 0.165. The van der Waals surface area contributed by atoms with Gasteiger partial charge in [-0.3, -0.25) is 0 Å². The Kier molecular flexibility index (Phi) is 3.44. The van der Waals surface area contributed by atoms with Gasteiger partial charge in [-0.25, -0.2) is 15.0 Å². The van der Waals surface area contributed by atoms with Gasteiger partial charge in [0.2, 0.25) is 5.65 Å². The molecule has 0 bridgehead atoms. The number of aliphatic hydroxyl groups excluding tert-OH is 3. The number of rotatable bonds is 3. The topological polar surface area (TPSA) is 123 Å². The van der Waals surface area contributed by atoms with Crippen molar-refractivity contribution in [2.24, 2.45) is 0 Å². The van der Waals surface area contributed by atoms with Crippen LogP contribution in [0, 0.1) is 0 Å². The average Bonchev–Trinajstić information content (AvgIpc) is 2.97. The zero-order valence-corrected chi connectivity index (χ0v) is 10.8. The first kappa shape index (κ1) is 13.5. The number of hydrogen-bond acceptors (Lipinski definition) is 8. The van der Waals surface area contributed by atoms with Crippen molar-refractivity contribution in [3.8, 4) is 0 Å². The molecule has 108 valence electrons. The number of ether oxygens (including phenoxy) is 1. The van der Waals surface area contributed by atoms with Crippen LogP contribution in [0.5, 0.6) is 0 Å². The highest BCUT2D eigenvalue weighted by Gasteiger charge is 2.44. The van der Waals surface area contributed by atoms with Gasteiger partial charge in [-0.15, -0.1) is 4.73 Å². The van der Waals surface area contributed by atoms with Crippen molar-refractivity contribution in [3.05, 3.63) is 17.8 Å². The third-order valence-electron chi connectivity index (χ3n) is 2.97. The van der Waals surface area contributed by atoms with Crippen LogP contribution < -0.4 is 4.84 Å². The van der Waals surface area contributed by atoms with E-state index >= 15 is 0 Å². The van der Waals surface area contributed by atoms with Crippen molar-refractivity contribution in [3.63, 3.8) is 0 Å². The molecule has 20 heavy (non-hydrogen) atoms. The van der Waals surface area contributed by atoms with Crippen LogP contribution in [0.2, 0.25) is 5.15 Å². The fourth-order valence-corrected chi connectivity index (χ4v) is 2.10. The normalized spacial score (nSPS) is 30.0. The van der Waals surface area contributed by atoms with E-state index in [1.807, 2.05) is 0 Å². The van der Waals surface area contributed by atoms with E-state index in [1.54, 1.807) is 0 Å². The van der Waals surface area contributed by atoms with Gasteiger partial charge in [-0.05, 0) is 0 Å². The Morgan fingerprint density at radius 2 is 2.10 bits per heavy atom. The van der Waals surface area contributed by atoms with Gasteiger partial charge >= 0.3 is 0 Å². The molecular weight excluding hydrogens is 292 g/mol. The largest absolute Gasteiger partial charge is 0.394 e. The summed E-state index contributed by atoms with van der Waals surface area (Å²) in [6.45, 7) is -0.434. The summed E-state index contributed by atoms with van der Waals surface area (Å²) in [5.41, 5.74) is 0.628. The lowest BCUT2D eigenvalue weighted by Gasteiger charge is -2.16. The second kappa shape index (κ2) is 5.11. The van der Waals surface area contributed by atoms with Gasteiger partial charge in [0.25, 0.3) is 6.29 Å². The molecule has 3 heterocycles. The van der Waals surface area contributed by atoms with E-state index in [0.717, 1.165) is 4.73 Å². The van der Waals surface area contributed by atoms with Gasteiger partial charge in [0.1, 0.15) is 36.5 Å². The van der Waals surface area contributed by atoms with Gasteiger partial charge < -0.3 is 24.9 Å². The fraction of sp³-hybridized carbons (Fsp3) is 0.500. The molecule has 1 aliphatic heterocycles. The van der Waals surface area contributed by atoms with Crippen LogP contribution in [0.4, 0.5) is 0 Å². The molecule has 3 N–H and O–H groups in total. The number of imidazole rings is 1. The second-order valence-electron chi connectivity index (χ2n) is 4.22. The van der Waals surface area contributed by atoms with Crippen LogP contribution in [0.1, 0.15) is 0 Å². The Morgan fingerprint density at radius 1 is 1.30 bits per heavy atom. The molecule has 10 heteroatoms. The highest BCUT2D eigenvalue weighted by molar-refractivity contribution is 6.33. The van der Waals surface area contributed by atoms with E-state index in [2.05, 4.69) is 15.0 Å². The summed E-state index contributed by atoms with van der Waals surface area (Å²) < 4.78 is 6.35. The summed E-state index contributed by atoms with van der Waals surface area (Å²) >= 11 is 5.85. The van der Waals surface area contributed by atoms with Crippen LogP contribution in [-0.2, 0) is 4.74 Å². The molecule has 0 saturated carbocycles. The molecule has 4 unspecified atom stereocenters. The minimum Gasteiger partial charge on any atom is -0.394 e. The van der Waals surface area contributed by atoms with Gasteiger partial charge in [-0.2, -0.15) is 0 Å². The minimum atomic E-state index is -1.30. The maximum atomic E-state index is 9.78. The first-order valence-electron chi connectivity index (χ1n) is 5.75. The standard InChI is InChI=1S/C10H11ClN4O5/c11-8-5-9(13-2-12-8)15(3-14-5)20-10-7(18)6(17)4(1-16)19-10/h2-4,6-7,10,16-18H,1H2. The van der Waals surface area contributed by atoms with Crippen molar-refractivity contribution in [1.82, 2.24) is 19.7 Å². The van der Waals surface area contributed by atoms with Crippen LogP contribution in [0.3, 0.4) is 0 Å². The lowest BCUT2D eigenvalue weighted by Crippen LogP contribution is -2.38. The number of hydrogen-bond donors (Lipinski definition) is 3. The third-order valence-corrected chi connectivity index (χ3v) is 3.25. The molecule has 2 aromatic rings. The molecule has 0 amide bonds. The molecule has 1 fully saturated rings. The fourth-order valence-electron chi connectivity index (χ4n) is 1.93. The summed E-state index contributed by atoms with van der Waals surface area (Å²) in [5.74, 6) is 0. The van der Waals surface area contributed by atoms with E-state index in [0.29, 0.717) is 11.2 Å². The Balaban J connectivity index is 1.85. The highest BCUT2D eigenvalue weighted by atomic mass is 35.5. The molecule has 1 aliphatic rings. The highest BCUT2D eigenvalue weighted by Crippen LogP contribution is 2.22. The zero-order valence-electron chi connectivity index (χ0n) is 10.00. The van der Waals surface area contributed by atoms with E-state index in [1.165, 1.54) is 12.7 Å². The Morgan fingerprint density at radius 3 is 2.80 bits per heavy atom. The van der Waals surface area contributed by atoms with E-state index < -0.39 is 31.2 Å². The average molecular weight is 303 g/mol. The Bertz CT molecular complexity index is 623. The zero-order chi connectivity index (χ0) is 14.3. The van der Waals surface area contributed by atoms with Crippen molar-refractivity contribution in [1.29, 1.82) is 0 Å². The van der Waals surface area contributed by atoms with Crippen molar-refractivity contribution < 1.29 is 24.9 Å². The van der Waals surface area contributed by atoms with Crippen LogP contribution in [0.15, 0.2) is 12.7 Å². The molecule has 0 aliphatic carbocycles. The lowest BCUT2D eigenvalue weighted by molar-refractivity contribution is -0.169. The summed E-state index contributed by atoms with van der Waals surface area (Å²) in [5, 5.41) is 28.6. The molecular formula is C10H11ClN4O5. The van der Waals surface area contributed by atoms with Crippen LogP contribution in [-0.4, -0.2) is 66.2 Å². The third kappa shape index (κ3) is 2.09. The Hall–Kier alpha value is -1.52. The quantitative estimate of drug-likeness (QED) is 0.576. The maximum Gasteiger partial charge on any atom is 0.254 e. The van der Waals surface area contributed by atoms with Crippen molar-refractivity contribution in [2.75, 3.05) is 6.61 Å². The Labute approximate surface area is 117 Å². The first-order valence-corrected chi connectivity index (χ1v) is 6.12. The lowest BCUT2D eigenvalue weighted by atomic mass is 10.1. The molecule has 2 aromatic heterocycles. The monoisotopic (exact) mass is 302 g/mol. The van der Waals surface area contributed by atoms with E-state index in [4.69, 9.17) is 26.3 Å². The molecule has 1 saturated heterocycles. The van der Waals surface area contributed by atoms with Crippen LogP contribution in [0.25, 0.3) is 11.2 Å². The van der Waals surface area contributed by atoms with Gasteiger partial charge in [0, 0.05) is 0 Å². The molecule has 9 nitrogen and oxygen atoms in total. The molecule has 4 atom stereocenters. The van der Waals surface area contributed by atoms with Gasteiger partial charge in [0.15, 0.2) is 5.15 Å². The summed E-state index contributed by atoms with van der Waals surface area (Å²) in [6, 6.07) is 0. The molecule has 0 spiro atoms. The summed E-state index contributed by atoms with van der Waals surface area (Å²) in [6.07, 6.45) is -2.08.